The molecule has 12 heteroatoms. The van der Waals surface area contributed by atoms with Gasteiger partial charge in [0.2, 0.25) is 10.0 Å². The van der Waals surface area contributed by atoms with E-state index in [0.717, 1.165) is 12.5 Å². The third-order valence-electron chi connectivity index (χ3n) is 3.77. The lowest BCUT2D eigenvalue weighted by Crippen LogP contribution is -2.41. The predicted octanol–water partition coefficient (Wildman–Crippen LogP) is 2.48. The van der Waals surface area contributed by atoms with Gasteiger partial charge in [-0.25, -0.2) is 13.1 Å². The molecule has 1 aromatic heterocycles. The summed E-state index contributed by atoms with van der Waals surface area (Å²) in [6.07, 6.45) is 1.00. The first-order valence-electron chi connectivity index (χ1n) is 8.62. The minimum atomic E-state index is -3.83. The number of rotatable bonds is 9. The summed E-state index contributed by atoms with van der Waals surface area (Å²) in [5.74, 6) is 0.556. The second-order valence-electron chi connectivity index (χ2n) is 5.73. The largest absolute Gasteiger partial charge is 0.355 e. The molecule has 1 aromatic carbocycles. The van der Waals surface area contributed by atoms with E-state index >= 15 is 0 Å². The van der Waals surface area contributed by atoms with Crippen LogP contribution in [0.4, 0.5) is 5.69 Å². The summed E-state index contributed by atoms with van der Waals surface area (Å²) in [6.45, 7) is 3.14. The van der Waals surface area contributed by atoms with E-state index in [2.05, 4.69) is 39.4 Å². The molecule has 0 bridgehead atoms. The molecule has 0 unspecified atom stereocenters. The van der Waals surface area contributed by atoms with Crippen LogP contribution in [0.5, 0.6) is 0 Å². The molecule has 29 heavy (non-hydrogen) atoms. The number of halogens is 1. The van der Waals surface area contributed by atoms with Gasteiger partial charge in [-0.1, -0.05) is 13.0 Å². The van der Waals surface area contributed by atoms with Gasteiger partial charge in [-0.2, -0.15) is 0 Å². The minimum absolute atomic E-state index is 0. The van der Waals surface area contributed by atoms with E-state index in [4.69, 9.17) is 0 Å². The van der Waals surface area contributed by atoms with Crippen molar-refractivity contribution >= 4 is 57.0 Å². The maximum Gasteiger partial charge on any atom is 0.270 e. The fourth-order valence-corrected chi connectivity index (χ4v) is 4.28. The number of thiophene rings is 1. The molecule has 0 saturated heterocycles. The number of nitrogens with zero attached hydrogens (tertiary/aromatic N) is 2. The quantitative estimate of drug-likeness (QED) is 0.109. The van der Waals surface area contributed by atoms with Gasteiger partial charge >= 0.3 is 0 Å². The number of nitro groups is 1. The van der Waals surface area contributed by atoms with Crippen LogP contribution in [-0.4, -0.2) is 39.4 Å². The highest BCUT2D eigenvalue weighted by Crippen LogP contribution is 2.17. The Bertz CT molecular complexity index is 947. The Morgan fingerprint density at radius 2 is 1.90 bits per heavy atom. The Labute approximate surface area is 191 Å². The highest BCUT2D eigenvalue weighted by atomic mass is 127. The molecular formula is C17H24IN5O4S2. The van der Waals surface area contributed by atoms with Crippen LogP contribution in [0.1, 0.15) is 16.7 Å². The van der Waals surface area contributed by atoms with E-state index < -0.39 is 14.9 Å². The van der Waals surface area contributed by atoms with Crippen molar-refractivity contribution in [1.29, 1.82) is 0 Å². The molecule has 0 aliphatic heterocycles. The maximum absolute atomic E-state index is 12.3. The Balaban J connectivity index is 0.00000420. The number of hydrogen-bond acceptors (Lipinski definition) is 6. The van der Waals surface area contributed by atoms with Crippen molar-refractivity contribution in [2.75, 3.05) is 20.1 Å². The molecule has 2 aromatic rings. The van der Waals surface area contributed by atoms with Crippen LogP contribution in [-0.2, 0) is 23.0 Å². The van der Waals surface area contributed by atoms with Gasteiger partial charge in [-0.15, -0.1) is 35.3 Å². The Hall–Kier alpha value is -1.77. The standard InChI is InChI=1S/C17H23N5O4S2.HI/c1-3-14-7-8-15(27-14)12-20-17(18-2)19-9-10-21-28(25,26)16-6-4-5-13(11-16)22(23)24;/h4-8,11,21H,3,9-10,12H2,1-2H3,(H2,18,19,20);1H. The fourth-order valence-electron chi connectivity index (χ4n) is 2.31. The average Bonchev–Trinajstić information content (AvgIpc) is 3.15. The Morgan fingerprint density at radius 3 is 2.52 bits per heavy atom. The molecule has 0 fully saturated rings. The molecule has 9 nitrogen and oxygen atoms in total. The zero-order valence-corrected chi connectivity index (χ0v) is 20.0. The molecule has 0 saturated carbocycles. The Morgan fingerprint density at radius 1 is 1.17 bits per heavy atom. The van der Waals surface area contributed by atoms with E-state index in [1.54, 1.807) is 18.4 Å². The van der Waals surface area contributed by atoms with Crippen LogP contribution >= 0.6 is 35.3 Å². The number of nitro benzene ring substituents is 1. The summed E-state index contributed by atoms with van der Waals surface area (Å²) in [5, 5.41) is 17.0. The van der Waals surface area contributed by atoms with E-state index in [1.807, 2.05) is 0 Å². The van der Waals surface area contributed by atoms with Crippen LogP contribution in [0.15, 0.2) is 46.3 Å². The number of guanidine groups is 1. The van der Waals surface area contributed by atoms with Crippen molar-refractivity contribution in [2.45, 2.75) is 24.8 Å². The topological polar surface area (TPSA) is 126 Å². The predicted molar refractivity (Wildman–Crippen MR) is 126 cm³/mol. The third kappa shape index (κ3) is 7.87. The molecule has 0 aliphatic rings. The zero-order chi connectivity index (χ0) is 20.6. The molecule has 3 N–H and O–H groups in total. The molecule has 2 rings (SSSR count). The van der Waals surface area contributed by atoms with Gasteiger partial charge in [-0.3, -0.25) is 15.1 Å². The lowest BCUT2D eigenvalue weighted by atomic mass is 10.3. The lowest BCUT2D eigenvalue weighted by Gasteiger charge is -2.12. The van der Waals surface area contributed by atoms with Crippen molar-refractivity contribution in [3.8, 4) is 0 Å². The first-order chi connectivity index (χ1) is 13.4. The maximum atomic E-state index is 12.3. The second-order valence-corrected chi connectivity index (χ2v) is 8.75. The van der Waals surface area contributed by atoms with Crippen molar-refractivity contribution in [3.63, 3.8) is 0 Å². The summed E-state index contributed by atoms with van der Waals surface area (Å²) in [4.78, 5) is 16.6. The summed E-state index contributed by atoms with van der Waals surface area (Å²) in [7, 11) is -2.20. The molecule has 0 spiro atoms. The summed E-state index contributed by atoms with van der Waals surface area (Å²) in [6, 6.07) is 9.09. The highest BCUT2D eigenvalue weighted by molar-refractivity contribution is 14.0. The third-order valence-corrected chi connectivity index (χ3v) is 6.46. The molecule has 0 atom stereocenters. The minimum Gasteiger partial charge on any atom is -0.355 e. The average molecular weight is 553 g/mol. The van der Waals surface area contributed by atoms with Crippen LogP contribution in [0.2, 0.25) is 0 Å². The van der Waals surface area contributed by atoms with Crippen molar-refractivity contribution in [2.24, 2.45) is 4.99 Å². The highest BCUT2D eigenvalue weighted by Gasteiger charge is 2.17. The van der Waals surface area contributed by atoms with E-state index in [1.165, 1.54) is 28.0 Å². The van der Waals surface area contributed by atoms with E-state index in [9.17, 15) is 18.5 Å². The number of sulfonamides is 1. The van der Waals surface area contributed by atoms with Crippen LogP contribution in [0, 0.1) is 10.1 Å². The first kappa shape index (κ1) is 25.3. The molecule has 160 valence electrons. The van der Waals surface area contributed by atoms with Crippen molar-refractivity contribution in [3.05, 3.63) is 56.3 Å². The fraction of sp³-hybridized carbons (Fsp3) is 0.353. The van der Waals surface area contributed by atoms with Gasteiger partial charge < -0.3 is 10.6 Å². The molecule has 0 radical (unpaired) electrons. The number of aryl methyl sites for hydroxylation is 1. The molecular weight excluding hydrogens is 529 g/mol. The smallest absolute Gasteiger partial charge is 0.270 e. The van der Waals surface area contributed by atoms with Gasteiger partial charge in [0.15, 0.2) is 5.96 Å². The molecule has 0 amide bonds. The SMILES string of the molecule is CCc1ccc(CNC(=NC)NCCNS(=O)(=O)c2cccc([N+](=O)[O-])c2)s1.I. The van der Waals surface area contributed by atoms with E-state index in [0.29, 0.717) is 19.0 Å². The second kappa shape index (κ2) is 12.0. The van der Waals surface area contributed by atoms with Crippen molar-refractivity contribution in [1.82, 2.24) is 15.4 Å². The van der Waals surface area contributed by atoms with Crippen LogP contribution in [0.25, 0.3) is 0 Å². The monoisotopic (exact) mass is 553 g/mol. The number of hydrogen-bond donors (Lipinski definition) is 3. The molecule has 1 heterocycles. The lowest BCUT2D eigenvalue weighted by molar-refractivity contribution is -0.385. The van der Waals surface area contributed by atoms with Gasteiger partial charge in [0, 0.05) is 42.0 Å². The number of benzene rings is 1. The summed E-state index contributed by atoms with van der Waals surface area (Å²) >= 11 is 1.73. The molecule has 0 aliphatic carbocycles. The van der Waals surface area contributed by atoms with E-state index in [-0.39, 0.29) is 41.1 Å². The number of nitrogens with one attached hydrogen (secondary N) is 3. The normalized spacial score (nSPS) is 11.6. The first-order valence-corrected chi connectivity index (χ1v) is 10.9. The van der Waals surface area contributed by atoms with Gasteiger partial charge in [0.25, 0.3) is 5.69 Å². The number of aliphatic imine (C=N–C) groups is 1. The van der Waals surface area contributed by atoms with Crippen LogP contribution in [0.3, 0.4) is 0 Å². The van der Waals surface area contributed by atoms with Crippen molar-refractivity contribution < 1.29 is 13.3 Å². The van der Waals surface area contributed by atoms with Gasteiger partial charge in [0.1, 0.15) is 0 Å². The van der Waals surface area contributed by atoms with Crippen LogP contribution < -0.4 is 15.4 Å². The summed E-state index contributed by atoms with van der Waals surface area (Å²) < 4.78 is 26.9. The van der Waals surface area contributed by atoms with Gasteiger partial charge in [0.05, 0.1) is 16.4 Å². The Kier molecular flexibility index (Phi) is 10.5. The van der Waals surface area contributed by atoms with Gasteiger partial charge in [-0.05, 0) is 24.6 Å². The summed E-state index contributed by atoms with van der Waals surface area (Å²) in [5.41, 5.74) is -0.273. The number of non-ortho nitro benzene ring substituents is 1. The zero-order valence-electron chi connectivity index (χ0n) is 16.0.